The first-order valence-electron chi connectivity index (χ1n) is 8.91. The van der Waals surface area contributed by atoms with Crippen molar-refractivity contribution in [3.63, 3.8) is 0 Å². The molecule has 5 heteroatoms. The highest BCUT2D eigenvalue weighted by molar-refractivity contribution is 6.07. The molecule has 28 heavy (non-hydrogen) atoms. The van der Waals surface area contributed by atoms with Gasteiger partial charge in [0.05, 0.1) is 12.8 Å². The molecule has 0 heterocycles. The van der Waals surface area contributed by atoms with Crippen LogP contribution in [0.1, 0.15) is 31.8 Å². The van der Waals surface area contributed by atoms with E-state index in [0.29, 0.717) is 22.6 Å². The minimum atomic E-state index is -0.272. The fraction of sp³-hybridized carbons (Fsp3) is 0.130. The fourth-order valence-electron chi connectivity index (χ4n) is 2.78. The van der Waals surface area contributed by atoms with E-state index >= 15 is 0 Å². The normalized spacial score (nSPS) is 10.2. The number of methoxy groups -OCH3 is 1. The van der Waals surface area contributed by atoms with Gasteiger partial charge in [0.25, 0.3) is 11.8 Å². The highest BCUT2D eigenvalue weighted by Crippen LogP contribution is 2.24. The number of hydrogen-bond acceptors (Lipinski definition) is 3. The number of aryl methyl sites for hydroxylation is 2. The van der Waals surface area contributed by atoms with Crippen molar-refractivity contribution in [3.8, 4) is 5.75 Å². The Bertz CT molecular complexity index is 1010. The molecule has 0 saturated carbocycles. The Hall–Kier alpha value is -3.60. The topological polar surface area (TPSA) is 67.4 Å². The molecule has 0 spiro atoms. The van der Waals surface area contributed by atoms with E-state index in [1.807, 2.05) is 44.2 Å². The zero-order valence-electron chi connectivity index (χ0n) is 16.1. The lowest BCUT2D eigenvalue weighted by Crippen LogP contribution is -2.15. The Kier molecular flexibility index (Phi) is 5.75. The number of amides is 2. The minimum absolute atomic E-state index is 0.217. The monoisotopic (exact) mass is 374 g/mol. The van der Waals surface area contributed by atoms with E-state index in [9.17, 15) is 9.59 Å². The van der Waals surface area contributed by atoms with Crippen LogP contribution >= 0.6 is 0 Å². The first-order chi connectivity index (χ1) is 13.5. The van der Waals surface area contributed by atoms with Crippen molar-refractivity contribution >= 4 is 23.2 Å². The van der Waals surface area contributed by atoms with Gasteiger partial charge in [0.1, 0.15) is 5.75 Å². The van der Waals surface area contributed by atoms with E-state index in [0.717, 1.165) is 16.8 Å². The molecule has 3 rings (SSSR count). The van der Waals surface area contributed by atoms with Crippen molar-refractivity contribution in [2.75, 3.05) is 17.7 Å². The molecule has 0 aromatic heterocycles. The molecule has 2 amide bonds. The first-order valence-corrected chi connectivity index (χ1v) is 8.91. The molecule has 5 nitrogen and oxygen atoms in total. The van der Waals surface area contributed by atoms with Gasteiger partial charge in [-0.15, -0.1) is 0 Å². The zero-order valence-corrected chi connectivity index (χ0v) is 16.1. The lowest BCUT2D eigenvalue weighted by atomic mass is 10.1. The van der Waals surface area contributed by atoms with Crippen molar-refractivity contribution in [3.05, 3.63) is 89.0 Å². The van der Waals surface area contributed by atoms with Gasteiger partial charge in [-0.25, -0.2) is 0 Å². The van der Waals surface area contributed by atoms with Gasteiger partial charge in [-0.2, -0.15) is 0 Å². The Morgan fingerprint density at radius 3 is 1.93 bits per heavy atom. The summed E-state index contributed by atoms with van der Waals surface area (Å²) in [6.07, 6.45) is 0. The molecule has 0 aliphatic carbocycles. The SMILES string of the molecule is COc1ccccc1NC(=O)c1ccc(C(=O)Nc2cc(C)ccc2C)cc1. The van der Waals surface area contributed by atoms with E-state index < -0.39 is 0 Å². The van der Waals surface area contributed by atoms with Crippen LogP contribution in [-0.2, 0) is 0 Å². The standard InChI is InChI=1S/C23H22N2O3/c1-15-8-9-16(2)20(14-15)25-23(27)18-12-10-17(11-13-18)22(26)24-19-6-4-5-7-21(19)28-3/h4-14H,1-3H3,(H,24,26)(H,25,27). The molecule has 0 atom stereocenters. The van der Waals surface area contributed by atoms with Gasteiger partial charge in [0.15, 0.2) is 0 Å². The van der Waals surface area contributed by atoms with Gasteiger partial charge >= 0.3 is 0 Å². The molecular formula is C23H22N2O3. The molecule has 142 valence electrons. The molecular weight excluding hydrogens is 352 g/mol. The van der Waals surface area contributed by atoms with Crippen LogP contribution in [-0.4, -0.2) is 18.9 Å². The quantitative estimate of drug-likeness (QED) is 0.673. The fourth-order valence-corrected chi connectivity index (χ4v) is 2.78. The Morgan fingerprint density at radius 1 is 0.750 bits per heavy atom. The van der Waals surface area contributed by atoms with Gasteiger partial charge in [0.2, 0.25) is 0 Å². The second-order valence-corrected chi connectivity index (χ2v) is 6.50. The molecule has 3 aromatic carbocycles. The number of para-hydroxylation sites is 2. The summed E-state index contributed by atoms with van der Waals surface area (Å²) in [5, 5.41) is 5.73. The minimum Gasteiger partial charge on any atom is -0.495 e. The molecule has 0 aliphatic rings. The number of ether oxygens (including phenoxy) is 1. The van der Waals surface area contributed by atoms with E-state index in [-0.39, 0.29) is 11.8 Å². The average Bonchev–Trinajstić information content (AvgIpc) is 2.71. The Balaban J connectivity index is 1.71. The van der Waals surface area contributed by atoms with Crippen molar-refractivity contribution in [1.29, 1.82) is 0 Å². The van der Waals surface area contributed by atoms with E-state index in [2.05, 4.69) is 10.6 Å². The first kappa shape index (κ1) is 19.2. The van der Waals surface area contributed by atoms with Crippen LogP contribution in [0.4, 0.5) is 11.4 Å². The maximum atomic E-state index is 12.5. The molecule has 0 radical (unpaired) electrons. The van der Waals surface area contributed by atoms with Crippen LogP contribution in [0.5, 0.6) is 5.75 Å². The van der Waals surface area contributed by atoms with Crippen molar-refractivity contribution in [1.82, 2.24) is 0 Å². The molecule has 3 aromatic rings. The highest BCUT2D eigenvalue weighted by Gasteiger charge is 2.12. The Labute approximate surface area is 164 Å². The molecule has 0 bridgehead atoms. The van der Waals surface area contributed by atoms with Gasteiger partial charge < -0.3 is 15.4 Å². The van der Waals surface area contributed by atoms with Crippen LogP contribution in [0.2, 0.25) is 0 Å². The third kappa shape index (κ3) is 4.38. The summed E-state index contributed by atoms with van der Waals surface area (Å²) >= 11 is 0. The predicted octanol–water partition coefficient (Wildman–Crippen LogP) is 4.82. The lowest BCUT2D eigenvalue weighted by molar-refractivity contribution is 0.101. The maximum absolute atomic E-state index is 12.5. The third-order valence-electron chi connectivity index (χ3n) is 4.41. The summed E-state index contributed by atoms with van der Waals surface area (Å²) in [5.74, 6) is 0.0942. The van der Waals surface area contributed by atoms with Crippen LogP contribution in [0.15, 0.2) is 66.7 Å². The van der Waals surface area contributed by atoms with Gasteiger partial charge in [-0.05, 0) is 67.4 Å². The number of carbonyl (C=O) groups excluding carboxylic acids is 2. The van der Waals surface area contributed by atoms with Crippen LogP contribution in [0.3, 0.4) is 0 Å². The summed E-state index contributed by atoms with van der Waals surface area (Å²) in [6, 6.07) is 19.6. The maximum Gasteiger partial charge on any atom is 0.255 e. The molecule has 0 saturated heterocycles. The average molecular weight is 374 g/mol. The third-order valence-corrected chi connectivity index (χ3v) is 4.41. The van der Waals surface area contributed by atoms with Crippen LogP contribution in [0, 0.1) is 13.8 Å². The zero-order chi connectivity index (χ0) is 20.1. The van der Waals surface area contributed by atoms with Crippen molar-refractivity contribution in [2.24, 2.45) is 0 Å². The molecule has 2 N–H and O–H groups in total. The van der Waals surface area contributed by atoms with Gasteiger partial charge in [-0.3, -0.25) is 9.59 Å². The lowest BCUT2D eigenvalue weighted by Gasteiger charge is -2.11. The number of rotatable bonds is 5. The highest BCUT2D eigenvalue weighted by atomic mass is 16.5. The second kappa shape index (κ2) is 8.39. The van der Waals surface area contributed by atoms with Gasteiger partial charge in [-0.1, -0.05) is 24.3 Å². The summed E-state index contributed by atoms with van der Waals surface area (Å²) in [4.78, 5) is 25.0. The number of benzene rings is 3. The summed E-state index contributed by atoms with van der Waals surface area (Å²) in [6.45, 7) is 3.92. The van der Waals surface area contributed by atoms with E-state index in [1.54, 1.807) is 43.5 Å². The largest absolute Gasteiger partial charge is 0.495 e. The Morgan fingerprint density at radius 2 is 1.32 bits per heavy atom. The summed E-state index contributed by atoms with van der Waals surface area (Å²) < 4.78 is 5.24. The predicted molar refractivity (Wildman–Crippen MR) is 111 cm³/mol. The van der Waals surface area contributed by atoms with Gasteiger partial charge in [0, 0.05) is 16.8 Å². The van der Waals surface area contributed by atoms with Crippen LogP contribution < -0.4 is 15.4 Å². The molecule has 0 aliphatic heterocycles. The number of hydrogen-bond donors (Lipinski definition) is 2. The molecule has 0 fully saturated rings. The van der Waals surface area contributed by atoms with Crippen molar-refractivity contribution in [2.45, 2.75) is 13.8 Å². The molecule has 0 unspecified atom stereocenters. The van der Waals surface area contributed by atoms with Crippen LogP contribution in [0.25, 0.3) is 0 Å². The number of anilines is 2. The smallest absolute Gasteiger partial charge is 0.255 e. The number of carbonyl (C=O) groups is 2. The van der Waals surface area contributed by atoms with E-state index in [4.69, 9.17) is 4.74 Å². The van der Waals surface area contributed by atoms with E-state index in [1.165, 1.54) is 0 Å². The second-order valence-electron chi connectivity index (χ2n) is 6.50. The number of nitrogens with one attached hydrogen (secondary N) is 2. The summed E-state index contributed by atoms with van der Waals surface area (Å²) in [7, 11) is 1.55. The van der Waals surface area contributed by atoms with Crippen molar-refractivity contribution < 1.29 is 14.3 Å². The summed E-state index contributed by atoms with van der Waals surface area (Å²) in [5.41, 5.74) is 4.37.